The lowest BCUT2D eigenvalue weighted by Gasteiger charge is -2.21. The van der Waals surface area contributed by atoms with Crippen molar-refractivity contribution in [3.8, 4) is 5.88 Å². The normalized spacial score (nSPS) is 16.1. The third-order valence-corrected chi connectivity index (χ3v) is 4.89. The van der Waals surface area contributed by atoms with Gasteiger partial charge >= 0.3 is 0 Å². The van der Waals surface area contributed by atoms with Gasteiger partial charge in [-0.1, -0.05) is 19.1 Å². The van der Waals surface area contributed by atoms with E-state index in [0.29, 0.717) is 5.56 Å². The number of H-pyrrole nitrogens is 1. The Morgan fingerprint density at radius 1 is 1.50 bits per heavy atom. The molecule has 0 bridgehead atoms. The quantitative estimate of drug-likeness (QED) is 0.456. The molecule has 1 atom stereocenters. The third-order valence-electron chi connectivity index (χ3n) is 4.52. The Bertz CT molecular complexity index is 1120. The van der Waals surface area contributed by atoms with E-state index in [1.807, 2.05) is 0 Å². The predicted molar refractivity (Wildman–Crippen MR) is 103 cm³/mol. The first kappa shape index (κ1) is 19.4. The largest absolute Gasteiger partial charge is 0.494 e. The molecule has 2 heterocycles. The molecule has 0 saturated heterocycles. The molecule has 1 amide bonds. The summed E-state index contributed by atoms with van der Waals surface area (Å²) in [6, 6.07) is 5.27. The van der Waals surface area contributed by atoms with E-state index in [2.05, 4.69) is 10.1 Å². The van der Waals surface area contributed by atoms with Gasteiger partial charge in [0.1, 0.15) is 5.56 Å². The third kappa shape index (κ3) is 3.31. The van der Waals surface area contributed by atoms with Gasteiger partial charge in [0, 0.05) is 32.0 Å². The smallest absolute Gasteiger partial charge is 0.269 e. The molecule has 3 rings (SSSR count). The van der Waals surface area contributed by atoms with Crippen LogP contribution in [0, 0.1) is 14.9 Å². The average molecular weight is 403 g/mol. The molecular weight excluding hydrogens is 386 g/mol. The van der Waals surface area contributed by atoms with Crippen LogP contribution in [0.5, 0.6) is 5.88 Å². The molecule has 1 aromatic heterocycles. The number of nitro groups is 1. The molecule has 11 heteroatoms. The molecule has 2 aromatic rings. The van der Waals surface area contributed by atoms with Gasteiger partial charge < -0.3 is 5.11 Å². The van der Waals surface area contributed by atoms with Gasteiger partial charge in [-0.25, -0.2) is 5.01 Å². The first-order chi connectivity index (χ1) is 13.2. The van der Waals surface area contributed by atoms with E-state index in [4.69, 9.17) is 12.2 Å². The molecule has 0 unspecified atom stereocenters. The summed E-state index contributed by atoms with van der Waals surface area (Å²) >= 11 is 4.96. The van der Waals surface area contributed by atoms with Crippen molar-refractivity contribution in [1.29, 1.82) is 0 Å². The number of aromatic nitrogens is 2. The molecule has 28 heavy (non-hydrogen) atoms. The van der Waals surface area contributed by atoms with Gasteiger partial charge in [0.05, 0.1) is 16.7 Å². The number of nitro benzene ring substituents is 1. The number of hydrazone groups is 1. The number of carbonyl (C=O) groups excluding carboxylic acids is 1. The fourth-order valence-electron chi connectivity index (χ4n) is 3.03. The number of hydrogen-bond acceptors (Lipinski definition) is 7. The molecular formula is C17H17N5O5S. The maximum absolute atomic E-state index is 12.4. The van der Waals surface area contributed by atoms with Crippen LogP contribution >= 0.6 is 12.2 Å². The lowest BCUT2D eigenvalue weighted by Crippen LogP contribution is -2.26. The summed E-state index contributed by atoms with van der Waals surface area (Å²) in [6.45, 7) is 1.66. The van der Waals surface area contributed by atoms with Crippen molar-refractivity contribution < 1.29 is 14.8 Å². The SMILES string of the molecule is CCC(=O)N1N=C(c2c(O)n(C)c(=S)[nH]c2=O)C[C@@H]1c1cccc([N+](=O)[O-])c1. The molecule has 1 aliphatic rings. The molecule has 2 N–H and O–H groups in total. The van der Waals surface area contributed by atoms with Crippen LogP contribution in [0.4, 0.5) is 5.69 Å². The summed E-state index contributed by atoms with van der Waals surface area (Å²) in [5.74, 6) is -0.678. The lowest BCUT2D eigenvalue weighted by atomic mass is 9.98. The molecule has 10 nitrogen and oxygen atoms in total. The summed E-state index contributed by atoms with van der Waals surface area (Å²) in [5.41, 5.74) is -0.115. The number of hydrogen-bond donors (Lipinski definition) is 2. The van der Waals surface area contributed by atoms with E-state index in [1.54, 1.807) is 13.0 Å². The van der Waals surface area contributed by atoms with Gasteiger partial charge in [-0.2, -0.15) is 5.10 Å². The highest BCUT2D eigenvalue weighted by atomic mass is 32.1. The van der Waals surface area contributed by atoms with Gasteiger partial charge in [0.2, 0.25) is 11.8 Å². The van der Waals surface area contributed by atoms with E-state index in [-0.39, 0.29) is 46.4 Å². The van der Waals surface area contributed by atoms with Crippen LogP contribution in [0.1, 0.15) is 36.9 Å². The second kappa shape index (κ2) is 7.35. The Morgan fingerprint density at radius 2 is 2.21 bits per heavy atom. The second-order valence-electron chi connectivity index (χ2n) is 6.23. The fraction of sp³-hybridized carbons (Fsp3) is 0.294. The molecule has 0 radical (unpaired) electrons. The molecule has 0 saturated carbocycles. The first-order valence-corrected chi connectivity index (χ1v) is 8.82. The number of rotatable bonds is 4. The van der Waals surface area contributed by atoms with Gasteiger partial charge in [-0.3, -0.25) is 29.3 Å². The molecule has 1 aromatic carbocycles. The lowest BCUT2D eigenvalue weighted by molar-refractivity contribution is -0.384. The maximum Gasteiger partial charge on any atom is 0.269 e. The van der Waals surface area contributed by atoms with Crippen LogP contribution in [0.3, 0.4) is 0 Å². The zero-order chi connectivity index (χ0) is 20.6. The minimum absolute atomic E-state index is 0.0431. The maximum atomic E-state index is 12.4. The van der Waals surface area contributed by atoms with Crippen molar-refractivity contribution in [2.75, 3.05) is 0 Å². The van der Waals surface area contributed by atoms with E-state index in [0.717, 1.165) is 0 Å². The average Bonchev–Trinajstić information content (AvgIpc) is 3.10. The Hall–Kier alpha value is -3.34. The van der Waals surface area contributed by atoms with Gasteiger partial charge in [-0.15, -0.1) is 0 Å². The van der Waals surface area contributed by atoms with E-state index >= 15 is 0 Å². The van der Waals surface area contributed by atoms with E-state index < -0.39 is 16.5 Å². The number of aromatic amines is 1. The molecule has 0 spiro atoms. The zero-order valence-corrected chi connectivity index (χ0v) is 15.9. The number of aromatic hydroxyl groups is 1. The summed E-state index contributed by atoms with van der Waals surface area (Å²) in [4.78, 5) is 37.8. The van der Waals surface area contributed by atoms with Crippen LogP contribution in [0.2, 0.25) is 0 Å². The van der Waals surface area contributed by atoms with Gasteiger partial charge in [0.15, 0.2) is 4.77 Å². The Balaban J connectivity index is 2.11. The van der Waals surface area contributed by atoms with Gasteiger partial charge in [0.25, 0.3) is 11.2 Å². The summed E-state index contributed by atoms with van der Waals surface area (Å²) in [6.07, 6.45) is 0.268. The zero-order valence-electron chi connectivity index (χ0n) is 15.1. The van der Waals surface area contributed by atoms with Crippen LogP contribution in [0.15, 0.2) is 34.2 Å². The molecule has 1 aliphatic heterocycles. The summed E-state index contributed by atoms with van der Waals surface area (Å²) in [7, 11) is 1.49. The minimum atomic E-state index is -0.630. The predicted octanol–water partition coefficient (Wildman–Crippen LogP) is 2.14. The number of nitrogens with one attached hydrogen (secondary N) is 1. The number of amides is 1. The van der Waals surface area contributed by atoms with Crippen LogP contribution in [0.25, 0.3) is 0 Å². The van der Waals surface area contributed by atoms with Crippen molar-refractivity contribution in [2.24, 2.45) is 12.1 Å². The molecule has 146 valence electrons. The second-order valence-corrected chi connectivity index (χ2v) is 6.61. The van der Waals surface area contributed by atoms with Crippen molar-refractivity contribution in [1.82, 2.24) is 14.6 Å². The molecule has 0 fully saturated rings. The van der Waals surface area contributed by atoms with Crippen LogP contribution in [-0.4, -0.2) is 36.2 Å². The van der Waals surface area contributed by atoms with E-state index in [1.165, 1.54) is 34.8 Å². The van der Waals surface area contributed by atoms with Gasteiger partial charge in [-0.05, 0) is 17.8 Å². The van der Waals surface area contributed by atoms with Crippen molar-refractivity contribution in [2.45, 2.75) is 25.8 Å². The molecule has 0 aliphatic carbocycles. The number of nitrogens with zero attached hydrogens (tertiary/aromatic N) is 4. The number of benzene rings is 1. The topological polar surface area (TPSA) is 134 Å². The van der Waals surface area contributed by atoms with Crippen LogP contribution in [-0.2, 0) is 11.8 Å². The monoisotopic (exact) mass is 403 g/mol. The standard InChI is InChI=1S/C17H17N5O5S/c1-3-13(23)21-12(9-5-4-6-10(7-9)22(26)27)8-11(19-21)14-15(24)18-17(28)20(2)16(14)25/h4-7,12,25H,3,8H2,1-2H3,(H,18,24,28)/t12-/m1/s1. The first-order valence-electron chi connectivity index (χ1n) is 8.41. The highest BCUT2D eigenvalue weighted by Gasteiger charge is 2.35. The van der Waals surface area contributed by atoms with Crippen molar-refractivity contribution >= 4 is 29.5 Å². The van der Waals surface area contributed by atoms with E-state index in [9.17, 15) is 24.8 Å². The van der Waals surface area contributed by atoms with Crippen molar-refractivity contribution in [3.63, 3.8) is 0 Å². The summed E-state index contributed by atoms with van der Waals surface area (Å²) < 4.78 is 1.27. The Morgan fingerprint density at radius 3 is 2.86 bits per heavy atom. The van der Waals surface area contributed by atoms with Crippen molar-refractivity contribution in [3.05, 3.63) is 60.6 Å². The fourth-order valence-corrected chi connectivity index (χ4v) is 3.21. The number of non-ortho nitro benzene ring substituents is 1. The summed E-state index contributed by atoms with van der Waals surface area (Å²) in [5, 5.41) is 26.9. The number of carbonyl (C=O) groups is 1. The highest BCUT2D eigenvalue weighted by molar-refractivity contribution is 7.71. The van der Waals surface area contributed by atoms with Crippen LogP contribution < -0.4 is 5.56 Å². The Labute approximate surface area is 163 Å². The Kier molecular flexibility index (Phi) is 5.10. The highest BCUT2D eigenvalue weighted by Crippen LogP contribution is 2.35. The minimum Gasteiger partial charge on any atom is -0.494 e.